The fourth-order valence-electron chi connectivity index (χ4n) is 1.56. The Balaban J connectivity index is 2.72. The van der Waals surface area contributed by atoms with Gasteiger partial charge < -0.3 is 10.2 Å². The predicted molar refractivity (Wildman–Crippen MR) is 73.7 cm³/mol. The normalized spacial score (nSPS) is 12.3. The van der Waals surface area contributed by atoms with Crippen LogP contribution in [-0.2, 0) is 11.3 Å². The third-order valence-corrected chi connectivity index (χ3v) is 3.56. The van der Waals surface area contributed by atoms with Crippen LogP contribution in [0, 0.1) is 11.6 Å². The van der Waals surface area contributed by atoms with Crippen molar-refractivity contribution in [1.29, 1.82) is 0 Å². The van der Waals surface area contributed by atoms with Gasteiger partial charge in [-0.15, -0.1) is 0 Å². The SMILES string of the molecule is CCN(C)C(=O)C(C)NCc1c(F)ccc(Br)c1F. The van der Waals surface area contributed by atoms with Crippen molar-refractivity contribution >= 4 is 21.8 Å². The van der Waals surface area contributed by atoms with Gasteiger partial charge in [0.05, 0.1) is 10.5 Å². The van der Waals surface area contributed by atoms with Crippen LogP contribution < -0.4 is 5.32 Å². The van der Waals surface area contributed by atoms with Crippen LogP contribution in [0.25, 0.3) is 0 Å². The van der Waals surface area contributed by atoms with Gasteiger partial charge in [-0.25, -0.2) is 8.78 Å². The van der Waals surface area contributed by atoms with Gasteiger partial charge in [0, 0.05) is 25.7 Å². The minimum atomic E-state index is -0.643. The molecule has 0 spiro atoms. The summed E-state index contributed by atoms with van der Waals surface area (Å²) in [7, 11) is 1.68. The molecular weight excluding hydrogens is 318 g/mol. The maximum atomic E-state index is 13.7. The first kappa shape index (κ1) is 16.0. The number of carbonyl (C=O) groups excluding carboxylic acids is 1. The van der Waals surface area contributed by atoms with Gasteiger partial charge in [-0.1, -0.05) is 0 Å². The fraction of sp³-hybridized carbons (Fsp3) is 0.462. The van der Waals surface area contributed by atoms with E-state index in [4.69, 9.17) is 0 Å². The Morgan fingerprint density at radius 3 is 2.68 bits per heavy atom. The van der Waals surface area contributed by atoms with Gasteiger partial charge in [0.1, 0.15) is 11.6 Å². The number of benzene rings is 1. The van der Waals surface area contributed by atoms with Gasteiger partial charge in [0.25, 0.3) is 0 Å². The van der Waals surface area contributed by atoms with Gasteiger partial charge in [0.15, 0.2) is 0 Å². The molecule has 106 valence electrons. The number of rotatable bonds is 5. The van der Waals surface area contributed by atoms with E-state index in [1.54, 1.807) is 18.9 Å². The lowest BCUT2D eigenvalue weighted by Gasteiger charge is -2.20. The van der Waals surface area contributed by atoms with Crippen LogP contribution in [0.4, 0.5) is 8.78 Å². The lowest BCUT2D eigenvalue weighted by atomic mass is 10.2. The second kappa shape index (κ2) is 6.96. The van der Waals surface area contributed by atoms with E-state index in [1.165, 1.54) is 12.1 Å². The molecule has 1 rings (SSSR count). The Morgan fingerprint density at radius 1 is 1.47 bits per heavy atom. The zero-order valence-corrected chi connectivity index (χ0v) is 12.7. The van der Waals surface area contributed by atoms with Gasteiger partial charge in [0.2, 0.25) is 5.91 Å². The summed E-state index contributed by atoms with van der Waals surface area (Å²) < 4.78 is 27.4. The quantitative estimate of drug-likeness (QED) is 0.839. The summed E-state index contributed by atoms with van der Waals surface area (Å²) in [6.45, 7) is 4.08. The summed E-state index contributed by atoms with van der Waals surface area (Å²) in [5.74, 6) is -1.38. The second-order valence-corrected chi connectivity index (χ2v) is 5.13. The highest BCUT2D eigenvalue weighted by Gasteiger charge is 2.18. The molecule has 1 amide bonds. The third-order valence-electron chi connectivity index (χ3n) is 2.94. The number of carbonyl (C=O) groups is 1. The van der Waals surface area contributed by atoms with Crippen LogP contribution in [0.1, 0.15) is 19.4 Å². The van der Waals surface area contributed by atoms with Crippen molar-refractivity contribution in [3.05, 3.63) is 33.8 Å². The van der Waals surface area contributed by atoms with Gasteiger partial charge in [-0.05, 0) is 41.9 Å². The van der Waals surface area contributed by atoms with Crippen molar-refractivity contribution in [2.45, 2.75) is 26.4 Å². The highest BCUT2D eigenvalue weighted by molar-refractivity contribution is 9.10. The molecule has 0 aliphatic heterocycles. The standard InChI is InChI=1S/C13H17BrF2N2O/c1-4-18(3)13(19)8(2)17-7-9-11(15)6-5-10(14)12(9)16/h5-6,8,17H,4,7H2,1-3H3. The van der Waals surface area contributed by atoms with Crippen molar-refractivity contribution in [3.63, 3.8) is 0 Å². The van der Waals surface area contributed by atoms with E-state index < -0.39 is 17.7 Å². The lowest BCUT2D eigenvalue weighted by Crippen LogP contribution is -2.42. The first-order valence-electron chi connectivity index (χ1n) is 5.99. The number of amides is 1. The first-order chi connectivity index (χ1) is 8.88. The Hall–Kier alpha value is -1.01. The van der Waals surface area contributed by atoms with Crippen LogP contribution >= 0.6 is 15.9 Å². The smallest absolute Gasteiger partial charge is 0.239 e. The molecule has 0 aliphatic rings. The topological polar surface area (TPSA) is 32.3 Å². The minimum Gasteiger partial charge on any atom is -0.345 e. The number of hydrogen-bond acceptors (Lipinski definition) is 2. The molecule has 1 unspecified atom stereocenters. The first-order valence-corrected chi connectivity index (χ1v) is 6.78. The number of likely N-dealkylation sites (N-methyl/N-ethyl adjacent to an activating group) is 1. The molecule has 0 saturated heterocycles. The number of halogens is 3. The Bertz CT molecular complexity index is 468. The third kappa shape index (κ3) is 3.98. The van der Waals surface area contributed by atoms with Crippen LogP contribution in [-0.4, -0.2) is 30.4 Å². The maximum absolute atomic E-state index is 13.7. The monoisotopic (exact) mass is 334 g/mol. The largest absolute Gasteiger partial charge is 0.345 e. The summed E-state index contributed by atoms with van der Waals surface area (Å²) in [5.41, 5.74) is -0.0758. The van der Waals surface area contributed by atoms with E-state index in [2.05, 4.69) is 21.2 Å². The molecule has 19 heavy (non-hydrogen) atoms. The summed E-state index contributed by atoms with van der Waals surface area (Å²) in [5, 5.41) is 2.83. The minimum absolute atomic E-state index is 0.0401. The molecule has 6 heteroatoms. The average molecular weight is 335 g/mol. The Kier molecular flexibility index (Phi) is 5.87. The van der Waals surface area contributed by atoms with E-state index in [0.717, 1.165) is 0 Å². The number of nitrogens with one attached hydrogen (secondary N) is 1. The fourth-order valence-corrected chi connectivity index (χ4v) is 1.93. The highest BCUT2D eigenvalue weighted by Crippen LogP contribution is 2.21. The van der Waals surface area contributed by atoms with E-state index >= 15 is 0 Å². The molecule has 0 saturated carbocycles. The summed E-state index contributed by atoms with van der Waals surface area (Å²) in [6, 6.07) is 2.00. The van der Waals surface area contributed by atoms with Crippen molar-refractivity contribution in [3.8, 4) is 0 Å². The molecule has 3 nitrogen and oxygen atoms in total. The molecule has 0 bridgehead atoms. The highest BCUT2D eigenvalue weighted by atomic mass is 79.9. The molecule has 0 aliphatic carbocycles. The van der Waals surface area contributed by atoms with Crippen molar-refractivity contribution < 1.29 is 13.6 Å². The zero-order valence-electron chi connectivity index (χ0n) is 11.1. The molecule has 0 aromatic heterocycles. The maximum Gasteiger partial charge on any atom is 0.239 e. The Labute approximate surface area is 120 Å². The summed E-state index contributed by atoms with van der Waals surface area (Å²) in [6.07, 6.45) is 0. The van der Waals surface area contributed by atoms with Gasteiger partial charge in [-0.3, -0.25) is 4.79 Å². The second-order valence-electron chi connectivity index (χ2n) is 4.28. The summed E-state index contributed by atoms with van der Waals surface area (Å²) >= 11 is 3.01. The molecule has 1 aromatic rings. The van der Waals surface area contributed by atoms with Gasteiger partial charge in [-0.2, -0.15) is 0 Å². The van der Waals surface area contributed by atoms with E-state index in [-0.39, 0.29) is 22.5 Å². The average Bonchev–Trinajstić information content (AvgIpc) is 2.41. The molecule has 0 radical (unpaired) electrons. The van der Waals surface area contributed by atoms with Gasteiger partial charge >= 0.3 is 0 Å². The number of hydrogen-bond donors (Lipinski definition) is 1. The predicted octanol–water partition coefficient (Wildman–Crippen LogP) is 2.68. The van der Waals surface area contributed by atoms with Crippen molar-refractivity contribution in [1.82, 2.24) is 10.2 Å². The van der Waals surface area contributed by atoms with Crippen LogP contribution in [0.3, 0.4) is 0 Å². The zero-order chi connectivity index (χ0) is 14.6. The van der Waals surface area contributed by atoms with Crippen LogP contribution in [0.15, 0.2) is 16.6 Å². The molecule has 1 N–H and O–H groups in total. The lowest BCUT2D eigenvalue weighted by molar-refractivity contribution is -0.131. The molecular formula is C13H17BrF2N2O. The van der Waals surface area contributed by atoms with E-state index in [0.29, 0.717) is 6.54 Å². The van der Waals surface area contributed by atoms with Crippen molar-refractivity contribution in [2.24, 2.45) is 0 Å². The Morgan fingerprint density at radius 2 is 2.11 bits per heavy atom. The molecule has 0 heterocycles. The van der Waals surface area contributed by atoms with Crippen LogP contribution in [0.5, 0.6) is 0 Å². The molecule has 1 aromatic carbocycles. The molecule has 1 atom stereocenters. The van der Waals surface area contributed by atoms with E-state index in [1.807, 2.05) is 6.92 Å². The van der Waals surface area contributed by atoms with E-state index in [9.17, 15) is 13.6 Å². The molecule has 0 fully saturated rings. The summed E-state index contributed by atoms with van der Waals surface area (Å²) in [4.78, 5) is 13.3. The van der Waals surface area contributed by atoms with Crippen LogP contribution in [0.2, 0.25) is 0 Å². The van der Waals surface area contributed by atoms with Crippen molar-refractivity contribution in [2.75, 3.05) is 13.6 Å². The number of nitrogens with zero attached hydrogens (tertiary/aromatic N) is 1.